The number of nitrogens with two attached hydrogens (primary N) is 4. The molecule has 0 saturated heterocycles. The Hall–Kier alpha value is -6.27. The summed E-state index contributed by atoms with van der Waals surface area (Å²) in [7, 11) is 0. The number of carbonyl (C=O) groups is 9. The Morgan fingerprint density at radius 1 is 0.526 bits per heavy atom. The summed E-state index contributed by atoms with van der Waals surface area (Å²) in [6.07, 6.45) is 22.0. The molecule has 0 aliphatic carbocycles. The number of amides is 9. The molecular formula is C55H93N11O10. The van der Waals surface area contributed by atoms with Crippen LogP contribution in [0.3, 0.4) is 0 Å². The van der Waals surface area contributed by atoms with Gasteiger partial charge in [0.15, 0.2) is 0 Å². The smallest absolute Gasteiger partial charge is 0.244 e. The first kappa shape index (κ1) is 67.7. The Balaban J connectivity index is 3.17. The van der Waals surface area contributed by atoms with Crippen LogP contribution in [0, 0.1) is 18.3 Å². The summed E-state index contributed by atoms with van der Waals surface area (Å²) in [5.74, 6) is -4.33. The number of nitrogens with one attached hydrogen (secondary N) is 7. The van der Waals surface area contributed by atoms with E-state index < -0.39 is 90.1 Å². The second kappa shape index (κ2) is 41.0. The van der Waals surface area contributed by atoms with E-state index in [1.54, 1.807) is 0 Å². The van der Waals surface area contributed by atoms with E-state index in [-0.39, 0.29) is 75.5 Å². The average Bonchev–Trinajstić information content (AvgIpc) is 3.37. The molecule has 0 heterocycles. The highest BCUT2D eigenvalue weighted by atomic mass is 16.3. The van der Waals surface area contributed by atoms with E-state index in [1.165, 1.54) is 82.1 Å². The van der Waals surface area contributed by atoms with E-state index in [2.05, 4.69) is 50.1 Å². The van der Waals surface area contributed by atoms with Crippen LogP contribution in [0.2, 0.25) is 0 Å². The highest BCUT2D eigenvalue weighted by Crippen LogP contribution is 2.15. The van der Waals surface area contributed by atoms with Crippen LogP contribution in [0.1, 0.15) is 180 Å². The molecule has 0 fully saturated rings. The van der Waals surface area contributed by atoms with Crippen molar-refractivity contribution in [2.45, 2.75) is 218 Å². The second-order valence-electron chi connectivity index (χ2n) is 20.1. The van der Waals surface area contributed by atoms with Crippen molar-refractivity contribution in [1.82, 2.24) is 37.2 Å². The molecule has 21 nitrogen and oxygen atoms in total. The Labute approximate surface area is 451 Å². The van der Waals surface area contributed by atoms with Crippen LogP contribution in [-0.2, 0) is 49.6 Å². The van der Waals surface area contributed by atoms with Crippen molar-refractivity contribution in [2.24, 2.45) is 28.9 Å². The van der Waals surface area contributed by atoms with Gasteiger partial charge < -0.3 is 65.3 Å². The first-order chi connectivity index (χ1) is 36.3. The highest BCUT2D eigenvalue weighted by molar-refractivity contribution is 5.97. The third kappa shape index (κ3) is 31.6. The van der Waals surface area contributed by atoms with Crippen LogP contribution in [0.5, 0.6) is 5.75 Å². The molecule has 9 amide bonds. The zero-order chi connectivity index (χ0) is 56.7. The molecule has 428 valence electrons. The SMILES string of the molecule is C#CCC(NC(=O)CCCCCCCCCCCCCCC)C(=O)NCC(=O)N[C@@H](Cc1ccc(O)cc1)C(=O)N[C@@H](CCC(N)=O)C(=O)N[C@@H](CCCCN)C(=O)N[C@@H](CCCCN)C(=O)N[C@@H](CC(C)C)C(N)=O. The third-order valence-corrected chi connectivity index (χ3v) is 12.8. The Morgan fingerprint density at radius 3 is 1.42 bits per heavy atom. The van der Waals surface area contributed by atoms with Crippen molar-refractivity contribution in [2.75, 3.05) is 19.6 Å². The van der Waals surface area contributed by atoms with Gasteiger partial charge >= 0.3 is 0 Å². The maximum absolute atomic E-state index is 14.2. The monoisotopic (exact) mass is 1070 g/mol. The number of unbranched alkanes of at least 4 members (excludes halogenated alkanes) is 14. The number of primary amides is 2. The molecule has 0 aromatic heterocycles. The molecule has 1 unspecified atom stereocenters. The molecule has 21 heteroatoms. The van der Waals surface area contributed by atoms with Crippen LogP contribution >= 0.6 is 0 Å². The van der Waals surface area contributed by atoms with Crippen molar-refractivity contribution in [3.63, 3.8) is 0 Å². The van der Waals surface area contributed by atoms with Gasteiger partial charge in [-0.3, -0.25) is 43.2 Å². The van der Waals surface area contributed by atoms with E-state index in [1.807, 2.05) is 13.8 Å². The first-order valence-electron chi connectivity index (χ1n) is 27.6. The van der Waals surface area contributed by atoms with Crippen molar-refractivity contribution >= 4 is 53.2 Å². The largest absolute Gasteiger partial charge is 0.508 e. The molecule has 0 radical (unpaired) electrons. The standard InChI is InChI=1S/C55H93N11O10/c1-5-7-8-9-10-11-12-13-14-15-16-17-18-26-48(69)61-41(23-6-2)51(72)60-37-49(70)62-46(36-39-27-29-40(67)30-28-39)55(76)65-44(31-32-47(58)68)54(75)64-42(24-19-21-33-56)52(73)63-43(25-20-22-34-57)53(74)66-45(50(59)71)35-38(3)4/h2,27-30,38,41-46,67H,5,7-26,31-37,56-57H2,1,3-4H3,(H2,58,68)(H2,59,71)(H,60,72)(H,61,69)(H,62,70)(H,63,73)(H,64,75)(H,65,76)(H,66,74)/t41?,42-,43-,44-,45-,46-/m0/s1. The summed E-state index contributed by atoms with van der Waals surface area (Å²) in [5.41, 5.74) is 23.0. The maximum Gasteiger partial charge on any atom is 0.244 e. The first-order valence-corrected chi connectivity index (χ1v) is 27.6. The Kier molecular flexibility index (Phi) is 36.5. The van der Waals surface area contributed by atoms with E-state index in [4.69, 9.17) is 29.4 Å². The molecule has 16 N–H and O–H groups in total. The lowest BCUT2D eigenvalue weighted by molar-refractivity contribution is -0.135. The van der Waals surface area contributed by atoms with Crippen molar-refractivity contribution in [1.29, 1.82) is 0 Å². The summed E-state index contributed by atoms with van der Waals surface area (Å²) in [6, 6.07) is -1.69. The van der Waals surface area contributed by atoms with Crippen LogP contribution in [0.4, 0.5) is 0 Å². The number of phenols is 1. The van der Waals surface area contributed by atoms with E-state index >= 15 is 0 Å². The van der Waals surface area contributed by atoms with Crippen molar-refractivity contribution in [3.05, 3.63) is 29.8 Å². The lowest BCUT2D eigenvalue weighted by atomic mass is 10.0. The molecule has 6 atom stereocenters. The highest BCUT2D eigenvalue weighted by Gasteiger charge is 2.33. The van der Waals surface area contributed by atoms with Gasteiger partial charge in [-0.25, -0.2) is 0 Å². The molecular weight excluding hydrogens is 975 g/mol. The van der Waals surface area contributed by atoms with E-state index in [0.29, 0.717) is 44.2 Å². The summed E-state index contributed by atoms with van der Waals surface area (Å²) < 4.78 is 0. The summed E-state index contributed by atoms with van der Waals surface area (Å²) in [5, 5.41) is 28.2. The lowest BCUT2D eigenvalue weighted by Gasteiger charge is -2.27. The quantitative estimate of drug-likeness (QED) is 0.0331. The average molecular weight is 1070 g/mol. The minimum Gasteiger partial charge on any atom is -0.508 e. The van der Waals surface area contributed by atoms with Crippen molar-refractivity contribution in [3.8, 4) is 18.1 Å². The molecule has 76 heavy (non-hydrogen) atoms. The number of aromatic hydroxyl groups is 1. The topological polar surface area (TPSA) is 362 Å². The van der Waals surface area contributed by atoms with Gasteiger partial charge in [0.1, 0.15) is 42.0 Å². The molecule has 0 spiro atoms. The zero-order valence-electron chi connectivity index (χ0n) is 45.7. The minimum atomic E-state index is -1.49. The third-order valence-electron chi connectivity index (χ3n) is 12.8. The minimum absolute atomic E-state index is 0.00271. The fourth-order valence-electron chi connectivity index (χ4n) is 8.40. The van der Waals surface area contributed by atoms with Crippen LogP contribution < -0.4 is 60.2 Å². The van der Waals surface area contributed by atoms with Gasteiger partial charge in [0.05, 0.1) is 6.54 Å². The second-order valence-corrected chi connectivity index (χ2v) is 20.1. The van der Waals surface area contributed by atoms with Crippen LogP contribution in [-0.4, -0.2) is 114 Å². The number of hydrogen-bond acceptors (Lipinski definition) is 12. The fourth-order valence-corrected chi connectivity index (χ4v) is 8.40. The van der Waals surface area contributed by atoms with Crippen LogP contribution in [0.25, 0.3) is 0 Å². The molecule has 0 bridgehead atoms. The number of rotatable bonds is 44. The summed E-state index contributed by atoms with van der Waals surface area (Å²) in [4.78, 5) is 120. The van der Waals surface area contributed by atoms with Crippen LogP contribution in [0.15, 0.2) is 24.3 Å². The van der Waals surface area contributed by atoms with Gasteiger partial charge in [-0.05, 0) is 94.5 Å². The molecule has 0 saturated carbocycles. The van der Waals surface area contributed by atoms with Crippen molar-refractivity contribution < 1.29 is 48.3 Å². The van der Waals surface area contributed by atoms with Gasteiger partial charge in [0.2, 0.25) is 53.2 Å². The number of carbonyl (C=O) groups excluding carboxylic acids is 9. The van der Waals surface area contributed by atoms with Gasteiger partial charge in [-0.15, -0.1) is 12.3 Å². The Morgan fingerprint density at radius 2 is 0.974 bits per heavy atom. The zero-order valence-corrected chi connectivity index (χ0v) is 45.7. The number of benzene rings is 1. The normalized spacial score (nSPS) is 13.4. The predicted octanol–water partition coefficient (Wildman–Crippen LogP) is 2.52. The molecule has 1 aromatic rings. The van der Waals surface area contributed by atoms with Gasteiger partial charge in [0, 0.05) is 25.7 Å². The van der Waals surface area contributed by atoms with E-state index in [9.17, 15) is 48.3 Å². The van der Waals surface area contributed by atoms with Gasteiger partial charge in [-0.2, -0.15) is 0 Å². The fraction of sp³-hybridized carbons (Fsp3) is 0.691. The predicted molar refractivity (Wildman–Crippen MR) is 293 cm³/mol. The van der Waals surface area contributed by atoms with Gasteiger partial charge in [-0.1, -0.05) is 110 Å². The summed E-state index contributed by atoms with van der Waals surface area (Å²) in [6.45, 7) is 5.89. The van der Waals surface area contributed by atoms with E-state index in [0.717, 1.165) is 19.3 Å². The maximum atomic E-state index is 14.2. The number of terminal acetylenes is 1. The molecule has 0 aliphatic rings. The van der Waals surface area contributed by atoms with Gasteiger partial charge in [0.25, 0.3) is 0 Å². The number of hydrogen-bond donors (Lipinski definition) is 12. The molecule has 1 rings (SSSR count). The lowest BCUT2D eigenvalue weighted by Crippen LogP contribution is -2.59. The number of phenolic OH excluding ortho intramolecular Hbond substituents is 1. The summed E-state index contributed by atoms with van der Waals surface area (Å²) >= 11 is 0. The molecule has 1 aromatic carbocycles. The Bertz CT molecular complexity index is 1960. The molecule has 0 aliphatic heterocycles.